The Balaban J connectivity index is 3.05. The predicted molar refractivity (Wildman–Crippen MR) is 54.0 cm³/mol. The number of aromatic hydroxyl groups is 2. The van der Waals surface area contributed by atoms with Crippen LogP contribution in [0.15, 0.2) is 17.0 Å². The molecule has 1 rings (SSSR count). The highest BCUT2D eigenvalue weighted by Crippen LogP contribution is 2.37. The molecule has 0 aromatic heterocycles. The smallest absolute Gasteiger partial charge is 0.171 e. The molecule has 1 aromatic carbocycles. The highest BCUT2D eigenvalue weighted by atomic mass is 32.2. The van der Waals surface area contributed by atoms with Crippen LogP contribution in [0.4, 0.5) is 0 Å². The van der Waals surface area contributed by atoms with Gasteiger partial charge in [0.1, 0.15) is 0 Å². The first-order valence-corrected chi connectivity index (χ1v) is 4.83. The number of benzene rings is 1. The molecule has 4 N–H and O–H groups in total. The average Bonchev–Trinajstić information content (AvgIpc) is 1.98. The third kappa shape index (κ3) is 2.54. The highest BCUT2D eigenvalue weighted by molar-refractivity contribution is 8.00. The fourth-order valence-electron chi connectivity index (χ4n) is 1.02. The summed E-state index contributed by atoms with van der Waals surface area (Å²) in [5.74, 6) is -0.184. The van der Waals surface area contributed by atoms with E-state index in [0.29, 0.717) is 4.90 Å². The van der Waals surface area contributed by atoms with Crippen molar-refractivity contribution in [3.8, 4) is 11.5 Å². The van der Waals surface area contributed by atoms with Gasteiger partial charge >= 0.3 is 0 Å². The van der Waals surface area contributed by atoms with Crippen molar-refractivity contribution >= 4 is 11.8 Å². The van der Waals surface area contributed by atoms with Crippen LogP contribution in [-0.2, 0) is 0 Å². The number of hydrogen-bond acceptors (Lipinski definition) is 4. The van der Waals surface area contributed by atoms with Crippen molar-refractivity contribution in [1.29, 1.82) is 0 Å². The van der Waals surface area contributed by atoms with Crippen molar-refractivity contribution in [3.05, 3.63) is 17.7 Å². The van der Waals surface area contributed by atoms with Gasteiger partial charge < -0.3 is 15.9 Å². The topological polar surface area (TPSA) is 66.5 Å². The van der Waals surface area contributed by atoms with E-state index < -0.39 is 0 Å². The number of aryl methyl sites for hydroxylation is 1. The van der Waals surface area contributed by atoms with E-state index in [9.17, 15) is 10.2 Å². The fraction of sp³-hybridized carbons (Fsp3) is 0.333. The standard InChI is InChI=1S/C9H13NO2S/c1-5-3-7(11)9(12)8(4-5)13-6(2)10/h3-4,6,11-12H,10H2,1-2H3. The van der Waals surface area contributed by atoms with Crippen LogP contribution < -0.4 is 5.73 Å². The van der Waals surface area contributed by atoms with Crippen LogP contribution in [0.5, 0.6) is 11.5 Å². The van der Waals surface area contributed by atoms with Crippen molar-refractivity contribution in [3.63, 3.8) is 0 Å². The van der Waals surface area contributed by atoms with E-state index in [1.165, 1.54) is 17.8 Å². The Hall–Kier alpha value is -0.870. The van der Waals surface area contributed by atoms with E-state index in [2.05, 4.69) is 0 Å². The number of thioether (sulfide) groups is 1. The zero-order valence-electron chi connectivity index (χ0n) is 7.61. The molecule has 0 radical (unpaired) electrons. The van der Waals surface area contributed by atoms with E-state index in [-0.39, 0.29) is 16.9 Å². The Labute approximate surface area is 81.6 Å². The molecule has 1 atom stereocenters. The van der Waals surface area contributed by atoms with Crippen LogP contribution >= 0.6 is 11.8 Å². The second kappa shape index (κ2) is 3.89. The number of hydrogen-bond donors (Lipinski definition) is 3. The van der Waals surface area contributed by atoms with Gasteiger partial charge in [0.15, 0.2) is 11.5 Å². The molecule has 0 saturated carbocycles. The van der Waals surface area contributed by atoms with Gasteiger partial charge in [0.25, 0.3) is 0 Å². The maximum absolute atomic E-state index is 9.44. The molecule has 4 heteroatoms. The van der Waals surface area contributed by atoms with Crippen LogP contribution in [0, 0.1) is 6.92 Å². The quantitative estimate of drug-likeness (QED) is 0.386. The molecule has 0 bridgehead atoms. The van der Waals surface area contributed by atoms with Crippen LogP contribution in [0.1, 0.15) is 12.5 Å². The molecule has 0 heterocycles. The Morgan fingerprint density at radius 2 is 2.00 bits per heavy atom. The molecule has 0 saturated heterocycles. The Morgan fingerprint density at radius 1 is 1.38 bits per heavy atom. The first-order chi connectivity index (χ1) is 6.00. The van der Waals surface area contributed by atoms with E-state index in [1.54, 1.807) is 6.07 Å². The molecule has 1 unspecified atom stereocenters. The van der Waals surface area contributed by atoms with Gasteiger partial charge in [0, 0.05) is 0 Å². The largest absolute Gasteiger partial charge is 0.504 e. The van der Waals surface area contributed by atoms with Gasteiger partial charge in [-0.2, -0.15) is 0 Å². The normalized spacial score (nSPS) is 12.8. The van der Waals surface area contributed by atoms with Gasteiger partial charge in [-0.25, -0.2) is 0 Å². The minimum Gasteiger partial charge on any atom is -0.504 e. The lowest BCUT2D eigenvalue weighted by Gasteiger charge is -2.09. The van der Waals surface area contributed by atoms with Crippen molar-refractivity contribution in [2.45, 2.75) is 24.1 Å². The molecule has 0 aliphatic carbocycles. The van der Waals surface area contributed by atoms with Crippen LogP contribution in [-0.4, -0.2) is 15.6 Å². The molecule has 0 amide bonds. The molecular formula is C9H13NO2S. The van der Waals surface area contributed by atoms with Crippen molar-refractivity contribution in [2.75, 3.05) is 0 Å². The molecule has 0 aliphatic heterocycles. The van der Waals surface area contributed by atoms with Crippen LogP contribution in [0.2, 0.25) is 0 Å². The van der Waals surface area contributed by atoms with Crippen molar-refractivity contribution in [1.82, 2.24) is 0 Å². The van der Waals surface area contributed by atoms with Gasteiger partial charge in [-0.05, 0) is 31.5 Å². The van der Waals surface area contributed by atoms with Gasteiger partial charge in [0.2, 0.25) is 0 Å². The van der Waals surface area contributed by atoms with Crippen molar-refractivity contribution in [2.24, 2.45) is 5.73 Å². The SMILES string of the molecule is Cc1cc(O)c(O)c(SC(C)N)c1. The van der Waals surface area contributed by atoms with Crippen LogP contribution in [0.25, 0.3) is 0 Å². The maximum Gasteiger partial charge on any atom is 0.171 e. The number of phenols is 2. The lowest BCUT2D eigenvalue weighted by atomic mass is 10.2. The summed E-state index contributed by atoms with van der Waals surface area (Å²) in [5, 5.41) is 18.6. The maximum atomic E-state index is 9.44. The van der Waals surface area contributed by atoms with E-state index >= 15 is 0 Å². The van der Waals surface area contributed by atoms with E-state index in [4.69, 9.17) is 5.73 Å². The second-order valence-electron chi connectivity index (χ2n) is 2.95. The summed E-state index contributed by atoms with van der Waals surface area (Å²) >= 11 is 1.32. The predicted octanol–water partition coefficient (Wildman–Crippen LogP) is 1.80. The number of nitrogens with two attached hydrogens (primary N) is 1. The summed E-state index contributed by atoms with van der Waals surface area (Å²) < 4.78 is 0. The first-order valence-electron chi connectivity index (χ1n) is 3.95. The molecule has 3 nitrogen and oxygen atoms in total. The monoisotopic (exact) mass is 199 g/mol. The minimum atomic E-state index is -0.105. The molecule has 0 fully saturated rings. The van der Waals surface area contributed by atoms with Crippen molar-refractivity contribution < 1.29 is 10.2 Å². The van der Waals surface area contributed by atoms with Gasteiger partial charge in [-0.3, -0.25) is 0 Å². The Kier molecular flexibility index (Phi) is 3.06. The Bertz CT molecular complexity index is 313. The third-order valence-corrected chi connectivity index (χ3v) is 2.45. The van der Waals surface area contributed by atoms with Gasteiger partial charge in [0.05, 0.1) is 10.3 Å². The summed E-state index contributed by atoms with van der Waals surface area (Å²) in [4.78, 5) is 0.618. The summed E-state index contributed by atoms with van der Waals surface area (Å²) in [6.45, 7) is 3.67. The lowest BCUT2D eigenvalue weighted by Crippen LogP contribution is -2.08. The van der Waals surface area contributed by atoms with E-state index in [0.717, 1.165) is 5.56 Å². The molecule has 0 spiro atoms. The third-order valence-electron chi connectivity index (χ3n) is 1.51. The Morgan fingerprint density at radius 3 is 2.54 bits per heavy atom. The summed E-state index contributed by atoms with van der Waals surface area (Å²) in [6.07, 6.45) is 0. The number of rotatable bonds is 2. The summed E-state index contributed by atoms with van der Waals surface area (Å²) in [7, 11) is 0. The van der Waals surface area contributed by atoms with Crippen LogP contribution in [0.3, 0.4) is 0 Å². The number of phenolic OH excluding ortho intramolecular Hbond substituents is 2. The minimum absolute atomic E-state index is 0.0899. The summed E-state index contributed by atoms with van der Waals surface area (Å²) in [5.41, 5.74) is 6.47. The van der Waals surface area contributed by atoms with Gasteiger partial charge in [-0.1, -0.05) is 0 Å². The second-order valence-corrected chi connectivity index (χ2v) is 4.37. The van der Waals surface area contributed by atoms with Gasteiger partial charge in [-0.15, -0.1) is 11.8 Å². The molecule has 72 valence electrons. The molecular weight excluding hydrogens is 186 g/mol. The van der Waals surface area contributed by atoms with E-state index in [1.807, 2.05) is 13.8 Å². The fourth-order valence-corrected chi connectivity index (χ4v) is 1.89. The summed E-state index contributed by atoms with van der Waals surface area (Å²) in [6, 6.07) is 3.31. The zero-order chi connectivity index (χ0) is 10.0. The average molecular weight is 199 g/mol. The zero-order valence-corrected chi connectivity index (χ0v) is 8.43. The molecule has 13 heavy (non-hydrogen) atoms. The first kappa shape index (κ1) is 10.2. The lowest BCUT2D eigenvalue weighted by molar-refractivity contribution is 0.394. The molecule has 1 aromatic rings. The molecule has 0 aliphatic rings. The highest BCUT2D eigenvalue weighted by Gasteiger charge is 2.09.